The minimum absolute atomic E-state index is 0.256. The third kappa shape index (κ3) is 3.10. The zero-order valence-electron chi connectivity index (χ0n) is 11.8. The molecule has 1 unspecified atom stereocenters. The van der Waals surface area contributed by atoms with Crippen molar-refractivity contribution in [1.29, 1.82) is 0 Å². The SMILES string of the molecule is CCC1CCCN1C(=O)Oc1cccc(C(=O)OC)c1. The average molecular weight is 277 g/mol. The molecule has 2 rings (SSSR count). The molecule has 0 radical (unpaired) electrons. The van der Waals surface area contributed by atoms with Crippen molar-refractivity contribution in [3.8, 4) is 5.75 Å². The van der Waals surface area contributed by atoms with E-state index in [9.17, 15) is 9.59 Å². The lowest BCUT2D eigenvalue weighted by atomic mass is 10.2. The Morgan fingerprint density at radius 2 is 2.20 bits per heavy atom. The Morgan fingerprint density at radius 1 is 1.40 bits per heavy atom. The van der Waals surface area contributed by atoms with E-state index in [2.05, 4.69) is 11.7 Å². The molecule has 0 bridgehead atoms. The molecule has 0 aliphatic carbocycles. The molecule has 5 nitrogen and oxygen atoms in total. The van der Waals surface area contributed by atoms with Crippen molar-refractivity contribution in [2.24, 2.45) is 0 Å². The maximum atomic E-state index is 12.1. The van der Waals surface area contributed by atoms with E-state index in [1.165, 1.54) is 13.2 Å². The van der Waals surface area contributed by atoms with Crippen LogP contribution in [0.2, 0.25) is 0 Å². The zero-order chi connectivity index (χ0) is 14.5. The first kappa shape index (κ1) is 14.4. The van der Waals surface area contributed by atoms with Gasteiger partial charge in [0.15, 0.2) is 0 Å². The molecule has 0 saturated carbocycles. The van der Waals surface area contributed by atoms with Gasteiger partial charge in [0.1, 0.15) is 5.75 Å². The summed E-state index contributed by atoms with van der Waals surface area (Å²) < 4.78 is 9.99. The molecular formula is C15H19NO4. The van der Waals surface area contributed by atoms with Gasteiger partial charge in [0.2, 0.25) is 0 Å². The highest BCUT2D eigenvalue weighted by Crippen LogP contribution is 2.22. The summed E-state index contributed by atoms with van der Waals surface area (Å²) in [4.78, 5) is 25.3. The predicted octanol–water partition coefficient (Wildman–Crippen LogP) is 2.85. The highest BCUT2D eigenvalue weighted by atomic mass is 16.6. The van der Waals surface area contributed by atoms with Gasteiger partial charge in [0.05, 0.1) is 12.7 Å². The van der Waals surface area contributed by atoms with Gasteiger partial charge in [0.25, 0.3) is 0 Å². The fraction of sp³-hybridized carbons (Fsp3) is 0.467. The summed E-state index contributed by atoms with van der Waals surface area (Å²) in [6.45, 7) is 2.79. The minimum atomic E-state index is -0.449. The minimum Gasteiger partial charge on any atom is -0.465 e. The van der Waals surface area contributed by atoms with Gasteiger partial charge in [0, 0.05) is 12.6 Å². The number of carbonyl (C=O) groups is 2. The van der Waals surface area contributed by atoms with Crippen LogP contribution in [0.4, 0.5) is 4.79 Å². The molecule has 5 heteroatoms. The van der Waals surface area contributed by atoms with Crippen LogP contribution in [0.25, 0.3) is 0 Å². The molecule has 1 aliphatic heterocycles. The zero-order valence-corrected chi connectivity index (χ0v) is 11.8. The van der Waals surface area contributed by atoms with E-state index in [1.54, 1.807) is 23.1 Å². The molecule has 1 fully saturated rings. The maximum Gasteiger partial charge on any atom is 0.415 e. The van der Waals surface area contributed by atoms with Gasteiger partial charge >= 0.3 is 12.1 Å². The quantitative estimate of drug-likeness (QED) is 0.797. The summed E-state index contributed by atoms with van der Waals surface area (Å²) in [5.41, 5.74) is 0.367. The van der Waals surface area contributed by atoms with E-state index < -0.39 is 5.97 Å². The Kier molecular flexibility index (Phi) is 4.61. The molecule has 1 heterocycles. The molecule has 0 N–H and O–H groups in total. The Labute approximate surface area is 118 Å². The van der Waals surface area contributed by atoms with Crippen LogP contribution in [0.15, 0.2) is 24.3 Å². The van der Waals surface area contributed by atoms with Crippen molar-refractivity contribution in [3.63, 3.8) is 0 Å². The van der Waals surface area contributed by atoms with Crippen LogP contribution in [0.3, 0.4) is 0 Å². The van der Waals surface area contributed by atoms with Crippen LogP contribution in [-0.2, 0) is 4.74 Å². The van der Waals surface area contributed by atoms with Crippen LogP contribution in [0.5, 0.6) is 5.75 Å². The molecule has 1 aromatic rings. The van der Waals surface area contributed by atoms with E-state index in [1.807, 2.05) is 0 Å². The molecule has 0 aromatic heterocycles. The number of likely N-dealkylation sites (tertiary alicyclic amines) is 1. The lowest BCUT2D eigenvalue weighted by molar-refractivity contribution is 0.0600. The molecule has 1 amide bonds. The van der Waals surface area contributed by atoms with Gasteiger partial charge in [-0.25, -0.2) is 9.59 Å². The van der Waals surface area contributed by atoms with Crippen LogP contribution in [0.1, 0.15) is 36.5 Å². The third-order valence-corrected chi connectivity index (χ3v) is 3.54. The van der Waals surface area contributed by atoms with Crippen LogP contribution < -0.4 is 4.74 Å². The molecule has 1 aromatic carbocycles. The molecule has 1 aliphatic rings. The number of methoxy groups -OCH3 is 1. The normalized spacial score (nSPS) is 17.9. The van der Waals surface area contributed by atoms with Crippen LogP contribution in [-0.4, -0.2) is 36.7 Å². The average Bonchev–Trinajstić information content (AvgIpc) is 2.95. The van der Waals surface area contributed by atoms with E-state index in [0.717, 1.165) is 25.8 Å². The first-order valence-corrected chi connectivity index (χ1v) is 6.82. The number of nitrogens with zero attached hydrogens (tertiary/aromatic N) is 1. The molecule has 0 spiro atoms. The Hall–Kier alpha value is -2.04. The lowest BCUT2D eigenvalue weighted by Crippen LogP contribution is -2.37. The fourth-order valence-corrected chi connectivity index (χ4v) is 2.46. The summed E-state index contributed by atoms with van der Waals surface area (Å²) in [5, 5.41) is 0. The smallest absolute Gasteiger partial charge is 0.415 e. The first-order chi connectivity index (χ1) is 9.65. The number of amides is 1. The second-order valence-corrected chi connectivity index (χ2v) is 4.79. The molecule has 20 heavy (non-hydrogen) atoms. The lowest BCUT2D eigenvalue weighted by Gasteiger charge is -2.22. The van der Waals surface area contributed by atoms with E-state index in [4.69, 9.17) is 4.74 Å². The number of ether oxygens (including phenoxy) is 2. The Balaban J connectivity index is 2.06. The number of carbonyl (C=O) groups excluding carboxylic acids is 2. The number of benzene rings is 1. The van der Waals surface area contributed by atoms with Gasteiger partial charge in [-0.05, 0) is 37.5 Å². The van der Waals surface area contributed by atoms with Crippen LogP contribution in [0, 0.1) is 0 Å². The van der Waals surface area contributed by atoms with Crippen molar-refractivity contribution in [1.82, 2.24) is 4.90 Å². The number of hydrogen-bond donors (Lipinski definition) is 0. The van der Waals surface area contributed by atoms with Crippen molar-refractivity contribution >= 4 is 12.1 Å². The summed E-state index contributed by atoms with van der Waals surface area (Å²) >= 11 is 0. The van der Waals surface area contributed by atoms with Crippen molar-refractivity contribution in [2.75, 3.05) is 13.7 Å². The molecule has 108 valence electrons. The van der Waals surface area contributed by atoms with E-state index in [0.29, 0.717) is 11.3 Å². The van der Waals surface area contributed by atoms with Crippen molar-refractivity contribution < 1.29 is 19.1 Å². The highest BCUT2D eigenvalue weighted by molar-refractivity contribution is 5.89. The fourth-order valence-electron chi connectivity index (χ4n) is 2.46. The second kappa shape index (κ2) is 6.41. The van der Waals surface area contributed by atoms with Gasteiger partial charge in [-0.3, -0.25) is 0 Å². The van der Waals surface area contributed by atoms with Gasteiger partial charge in [-0.2, -0.15) is 0 Å². The summed E-state index contributed by atoms with van der Waals surface area (Å²) in [7, 11) is 1.32. The van der Waals surface area contributed by atoms with E-state index in [-0.39, 0.29) is 12.1 Å². The Morgan fingerprint density at radius 3 is 2.90 bits per heavy atom. The number of rotatable bonds is 3. The van der Waals surface area contributed by atoms with Gasteiger partial charge in [-0.1, -0.05) is 13.0 Å². The number of hydrogen-bond acceptors (Lipinski definition) is 4. The second-order valence-electron chi connectivity index (χ2n) is 4.79. The predicted molar refractivity (Wildman–Crippen MR) is 73.8 cm³/mol. The van der Waals surface area contributed by atoms with Gasteiger partial charge in [-0.15, -0.1) is 0 Å². The first-order valence-electron chi connectivity index (χ1n) is 6.82. The van der Waals surface area contributed by atoms with Crippen molar-refractivity contribution in [3.05, 3.63) is 29.8 Å². The summed E-state index contributed by atoms with van der Waals surface area (Å²) in [5.74, 6) is -0.0878. The Bertz CT molecular complexity index is 500. The monoisotopic (exact) mass is 277 g/mol. The third-order valence-electron chi connectivity index (χ3n) is 3.54. The summed E-state index contributed by atoms with van der Waals surface area (Å²) in [6, 6.07) is 6.71. The maximum absolute atomic E-state index is 12.1. The molecule has 1 atom stereocenters. The van der Waals surface area contributed by atoms with Gasteiger partial charge < -0.3 is 14.4 Å². The van der Waals surface area contributed by atoms with E-state index >= 15 is 0 Å². The van der Waals surface area contributed by atoms with Crippen molar-refractivity contribution in [2.45, 2.75) is 32.2 Å². The molecule has 1 saturated heterocycles. The van der Waals surface area contributed by atoms with Crippen LogP contribution >= 0.6 is 0 Å². The largest absolute Gasteiger partial charge is 0.465 e. The summed E-state index contributed by atoms with van der Waals surface area (Å²) in [6.07, 6.45) is 2.61. The topological polar surface area (TPSA) is 55.8 Å². The number of esters is 1. The molecular weight excluding hydrogens is 258 g/mol. The standard InChI is InChI=1S/C15H19NO4/c1-3-12-7-5-9-16(12)15(18)20-13-8-4-6-11(10-13)14(17)19-2/h4,6,8,10,12H,3,5,7,9H2,1-2H3. The highest BCUT2D eigenvalue weighted by Gasteiger charge is 2.28.